The molecule has 112 valence electrons. The van der Waals surface area contributed by atoms with Gasteiger partial charge in [-0.25, -0.2) is 9.18 Å². The molecule has 0 bridgehead atoms. The van der Waals surface area contributed by atoms with Crippen molar-refractivity contribution < 1.29 is 40.2 Å². The number of hydrogen-bond donors (Lipinski definition) is 0. The van der Waals surface area contributed by atoms with Crippen molar-refractivity contribution in [1.29, 1.82) is 0 Å². The van der Waals surface area contributed by atoms with Gasteiger partial charge in [0.15, 0.2) is 23.5 Å². The average molecular weight is 356 g/mol. The highest BCUT2D eigenvalue weighted by Gasteiger charge is 2.12. The lowest BCUT2D eigenvalue weighted by Gasteiger charge is -2.05. The number of carbonyl (C=O) groups excluding carboxylic acids is 1. The number of halogens is 2. The fraction of sp³-hybridized carbons (Fsp3) is 0.200. The van der Waals surface area contributed by atoms with Crippen LogP contribution in [0.25, 0.3) is 0 Å². The topological polar surface area (TPSA) is 39.4 Å². The standard InChI is InChI=1S/C15H15FNO3.BrH/c1-2-19-15(18)11-17-9-5-6-12(10-17)20-14-8-4-3-7-13(14)16;/h3-10H,2,11H2,1H3;1H/q+1;/p-1. The van der Waals surface area contributed by atoms with Crippen LogP contribution in [0.4, 0.5) is 4.39 Å². The SMILES string of the molecule is CCOC(=O)C[n+]1cccc(Oc2ccccc2F)c1.[Br-]. The molecule has 4 nitrogen and oxygen atoms in total. The Kier molecular flexibility index (Phi) is 6.81. The van der Waals surface area contributed by atoms with E-state index in [0.29, 0.717) is 12.4 Å². The Morgan fingerprint density at radius 1 is 1.24 bits per heavy atom. The summed E-state index contributed by atoms with van der Waals surface area (Å²) < 4.78 is 25.4. The van der Waals surface area contributed by atoms with Crippen LogP contribution in [-0.4, -0.2) is 12.6 Å². The molecule has 0 amide bonds. The molecule has 0 atom stereocenters. The number of aromatic nitrogens is 1. The summed E-state index contributed by atoms with van der Waals surface area (Å²) in [6.07, 6.45) is 3.33. The maximum absolute atomic E-state index is 13.5. The molecule has 1 aromatic carbocycles. The first-order valence-electron chi connectivity index (χ1n) is 6.26. The predicted molar refractivity (Wildman–Crippen MR) is 69.7 cm³/mol. The van der Waals surface area contributed by atoms with Crippen molar-refractivity contribution in [3.05, 3.63) is 54.6 Å². The van der Waals surface area contributed by atoms with Crippen molar-refractivity contribution in [2.75, 3.05) is 6.61 Å². The second-order valence-corrected chi connectivity index (χ2v) is 4.05. The third kappa shape index (κ3) is 5.15. The second-order valence-electron chi connectivity index (χ2n) is 4.05. The Bertz CT molecular complexity index is 607. The molecule has 2 aromatic rings. The van der Waals surface area contributed by atoms with Crippen LogP contribution in [0.3, 0.4) is 0 Å². The lowest BCUT2D eigenvalue weighted by atomic mass is 10.3. The third-order valence-corrected chi connectivity index (χ3v) is 2.51. The van der Waals surface area contributed by atoms with Crippen molar-refractivity contribution in [2.24, 2.45) is 0 Å². The Morgan fingerprint density at radius 2 is 2.00 bits per heavy atom. The molecule has 0 fully saturated rings. The fourth-order valence-electron chi connectivity index (χ4n) is 1.67. The molecular formula is C15H15BrFNO3. The number of rotatable bonds is 5. The normalized spacial score (nSPS) is 9.62. The van der Waals surface area contributed by atoms with E-state index >= 15 is 0 Å². The van der Waals surface area contributed by atoms with Gasteiger partial charge in [0.05, 0.1) is 6.61 Å². The maximum atomic E-state index is 13.5. The van der Waals surface area contributed by atoms with Crippen molar-refractivity contribution >= 4 is 5.97 Å². The van der Waals surface area contributed by atoms with Crippen LogP contribution in [0.2, 0.25) is 0 Å². The summed E-state index contributed by atoms with van der Waals surface area (Å²) in [5, 5.41) is 0. The zero-order chi connectivity index (χ0) is 14.4. The van der Waals surface area contributed by atoms with Gasteiger partial charge in [0.25, 0.3) is 0 Å². The number of esters is 1. The predicted octanol–water partition coefficient (Wildman–Crippen LogP) is -0.527. The highest BCUT2D eigenvalue weighted by atomic mass is 79.9. The minimum atomic E-state index is -0.437. The van der Waals surface area contributed by atoms with Gasteiger partial charge in [-0.2, -0.15) is 4.57 Å². The quantitative estimate of drug-likeness (QED) is 0.534. The van der Waals surface area contributed by atoms with Crippen LogP contribution in [-0.2, 0) is 16.1 Å². The number of hydrogen-bond acceptors (Lipinski definition) is 3. The molecule has 1 heterocycles. The van der Waals surface area contributed by atoms with E-state index in [0.717, 1.165) is 0 Å². The minimum absolute atomic E-state index is 0. The molecule has 0 unspecified atom stereocenters. The van der Waals surface area contributed by atoms with E-state index in [1.165, 1.54) is 12.1 Å². The molecule has 0 aliphatic carbocycles. The molecule has 2 rings (SSSR count). The van der Waals surface area contributed by atoms with Crippen LogP contribution in [0, 0.1) is 5.82 Å². The van der Waals surface area contributed by atoms with Gasteiger partial charge in [-0.3, -0.25) is 0 Å². The van der Waals surface area contributed by atoms with Gasteiger partial charge in [-0.15, -0.1) is 0 Å². The molecule has 1 aromatic heterocycles. The van der Waals surface area contributed by atoms with Gasteiger partial charge in [0, 0.05) is 6.07 Å². The van der Waals surface area contributed by atoms with E-state index in [2.05, 4.69) is 0 Å². The molecule has 0 N–H and O–H groups in total. The number of ether oxygens (including phenoxy) is 2. The molecule has 0 saturated carbocycles. The molecule has 0 aliphatic heterocycles. The largest absolute Gasteiger partial charge is 1.00 e. The van der Waals surface area contributed by atoms with E-state index < -0.39 is 5.82 Å². The van der Waals surface area contributed by atoms with E-state index in [1.54, 1.807) is 48.1 Å². The molecule has 0 radical (unpaired) electrons. The van der Waals surface area contributed by atoms with E-state index in [9.17, 15) is 9.18 Å². The molecule has 6 heteroatoms. The van der Waals surface area contributed by atoms with Crippen LogP contribution in [0.15, 0.2) is 48.8 Å². The summed E-state index contributed by atoms with van der Waals surface area (Å²) in [6.45, 7) is 2.17. The van der Waals surface area contributed by atoms with Crippen LogP contribution >= 0.6 is 0 Å². The highest BCUT2D eigenvalue weighted by Crippen LogP contribution is 2.22. The van der Waals surface area contributed by atoms with Crippen molar-refractivity contribution in [3.63, 3.8) is 0 Å². The molecule has 0 aliphatic rings. The Morgan fingerprint density at radius 3 is 2.71 bits per heavy atom. The summed E-state index contributed by atoms with van der Waals surface area (Å²) >= 11 is 0. The first kappa shape index (κ1) is 17.1. The molecule has 0 saturated heterocycles. The Balaban J connectivity index is 0.00000220. The van der Waals surface area contributed by atoms with Crippen LogP contribution < -0.4 is 26.3 Å². The second kappa shape index (κ2) is 8.36. The summed E-state index contributed by atoms with van der Waals surface area (Å²) in [6, 6.07) is 9.55. The van der Waals surface area contributed by atoms with E-state index in [1.807, 2.05) is 0 Å². The van der Waals surface area contributed by atoms with Crippen LogP contribution in [0.5, 0.6) is 11.5 Å². The van der Waals surface area contributed by atoms with E-state index in [-0.39, 0.29) is 35.2 Å². The molecule has 0 spiro atoms. The van der Waals surface area contributed by atoms with Gasteiger partial charge in [-0.1, -0.05) is 12.1 Å². The lowest BCUT2D eigenvalue weighted by molar-refractivity contribution is -0.686. The van der Waals surface area contributed by atoms with Crippen molar-refractivity contribution in [2.45, 2.75) is 13.5 Å². The summed E-state index contributed by atoms with van der Waals surface area (Å²) in [7, 11) is 0. The van der Waals surface area contributed by atoms with Crippen molar-refractivity contribution in [3.8, 4) is 11.5 Å². The summed E-state index contributed by atoms with van der Waals surface area (Å²) in [5.74, 6) is -0.183. The highest BCUT2D eigenvalue weighted by molar-refractivity contribution is 5.67. The lowest BCUT2D eigenvalue weighted by Crippen LogP contribution is -3.00. The van der Waals surface area contributed by atoms with Crippen molar-refractivity contribution in [1.82, 2.24) is 0 Å². The van der Waals surface area contributed by atoms with Crippen LogP contribution in [0.1, 0.15) is 6.92 Å². The monoisotopic (exact) mass is 355 g/mol. The fourth-order valence-corrected chi connectivity index (χ4v) is 1.67. The van der Waals surface area contributed by atoms with Gasteiger partial charge in [0.2, 0.25) is 12.7 Å². The number of carbonyl (C=O) groups is 1. The molecule has 21 heavy (non-hydrogen) atoms. The number of benzene rings is 1. The first-order valence-corrected chi connectivity index (χ1v) is 6.26. The Hall–Kier alpha value is -1.95. The average Bonchev–Trinajstić information content (AvgIpc) is 2.42. The van der Waals surface area contributed by atoms with Gasteiger partial charge < -0.3 is 26.5 Å². The summed E-state index contributed by atoms with van der Waals surface area (Å²) in [4.78, 5) is 11.4. The Labute approximate surface area is 132 Å². The number of nitrogens with zero attached hydrogens (tertiary/aromatic N) is 1. The van der Waals surface area contributed by atoms with Gasteiger partial charge in [0.1, 0.15) is 0 Å². The third-order valence-electron chi connectivity index (χ3n) is 2.51. The zero-order valence-corrected chi connectivity index (χ0v) is 13.0. The minimum Gasteiger partial charge on any atom is -1.00 e. The zero-order valence-electron chi connectivity index (χ0n) is 11.5. The van der Waals surface area contributed by atoms with Gasteiger partial charge >= 0.3 is 5.97 Å². The maximum Gasteiger partial charge on any atom is 0.372 e. The number of para-hydroxylation sites is 1. The molecular weight excluding hydrogens is 341 g/mol. The van der Waals surface area contributed by atoms with E-state index in [4.69, 9.17) is 9.47 Å². The number of pyridine rings is 1. The first-order chi connectivity index (χ1) is 9.69. The smallest absolute Gasteiger partial charge is 0.372 e. The van der Waals surface area contributed by atoms with Gasteiger partial charge in [-0.05, 0) is 25.1 Å². The summed E-state index contributed by atoms with van der Waals surface area (Å²) in [5.41, 5.74) is 0.